The number of anilines is 1. The zero-order chi connectivity index (χ0) is 26.3. The van der Waals surface area contributed by atoms with E-state index in [2.05, 4.69) is 34.4 Å². The second-order valence-corrected chi connectivity index (χ2v) is 12.5. The molecule has 5 atom stereocenters. The van der Waals surface area contributed by atoms with Crippen molar-refractivity contribution < 1.29 is 28.6 Å². The first-order valence-electron chi connectivity index (χ1n) is 13.6. The lowest BCUT2D eigenvalue weighted by molar-refractivity contribution is -0.0177. The third-order valence-electron chi connectivity index (χ3n) is 7.77. The maximum atomic E-state index is 11.0. The van der Waals surface area contributed by atoms with Gasteiger partial charge in [-0.3, -0.25) is 4.57 Å². The van der Waals surface area contributed by atoms with Crippen LogP contribution in [0.1, 0.15) is 69.5 Å². The van der Waals surface area contributed by atoms with Gasteiger partial charge in [0.15, 0.2) is 0 Å². The lowest BCUT2D eigenvalue weighted by atomic mass is 9.79. The van der Waals surface area contributed by atoms with Crippen molar-refractivity contribution in [3.05, 3.63) is 22.6 Å². The van der Waals surface area contributed by atoms with Crippen LogP contribution in [0.2, 0.25) is 5.28 Å². The van der Waals surface area contributed by atoms with Gasteiger partial charge in [0.2, 0.25) is 5.28 Å². The fourth-order valence-corrected chi connectivity index (χ4v) is 6.32. The maximum absolute atomic E-state index is 11.0. The maximum Gasteiger partial charge on any atom is 0.350 e. The van der Waals surface area contributed by atoms with Gasteiger partial charge in [-0.2, -0.15) is 0 Å². The van der Waals surface area contributed by atoms with Crippen LogP contribution >= 0.6 is 19.2 Å². The summed E-state index contributed by atoms with van der Waals surface area (Å²) in [4.78, 5) is 27.1. The molecule has 3 aliphatic rings. The number of halogens is 1. The smallest absolute Gasteiger partial charge is 0.350 e. The van der Waals surface area contributed by atoms with Crippen LogP contribution in [-0.4, -0.2) is 64.7 Å². The first-order valence-corrected chi connectivity index (χ1v) is 15.8. The summed E-state index contributed by atoms with van der Waals surface area (Å²) in [5.74, 6) is 2.37. The number of fused-ring (bicyclic) bond motifs is 1. The van der Waals surface area contributed by atoms with E-state index in [1.165, 1.54) is 0 Å². The van der Waals surface area contributed by atoms with Crippen LogP contribution in [0.15, 0.2) is 6.08 Å². The number of hydrogen-bond acceptors (Lipinski definition) is 7. The van der Waals surface area contributed by atoms with Crippen LogP contribution in [0.4, 0.5) is 5.82 Å². The van der Waals surface area contributed by atoms with Crippen molar-refractivity contribution in [3.8, 4) is 0 Å². The molecule has 0 spiro atoms. The highest BCUT2D eigenvalue weighted by Crippen LogP contribution is 2.37. The van der Waals surface area contributed by atoms with Crippen molar-refractivity contribution in [2.75, 3.05) is 38.0 Å². The molecule has 1 aromatic rings. The molecule has 2 fully saturated rings. The minimum Gasteiger partial charge on any atom is -0.381 e. The van der Waals surface area contributed by atoms with Crippen LogP contribution in [0, 0.1) is 17.8 Å². The second kappa shape index (κ2) is 13.8. The number of nitrogens with zero attached hydrogens (tertiary/aromatic N) is 2. The van der Waals surface area contributed by atoms with Crippen molar-refractivity contribution >= 4 is 31.1 Å². The molecule has 208 valence electrons. The van der Waals surface area contributed by atoms with E-state index in [9.17, 15) is 4.57 Å². The first kappa shape index (κ1) is 28.9. The second-order valence-electron chi connectivity index (χ2n) is 10.6. The molecular formula is C26H41ClN3O6P. The average Bonchev–Trinajstić information content (AvgIpc) is 3.51. The Morgan fingerprint density at radius 2 is 2.05 bits per heavy atom. The molecular weight excluding hydrogens is 517 g/mol. The summed E-state index contributed by atoms with van der Waals surface area (Å²) in [7, 11) is -4.15. The lowest BCUT2D eigenvalue weighted by Crippen LogP contribution is -2.23. The van der Waals surface area contributed by atoms with Gasteiger partial charge in [-0.05, 0) is 87.1 Å². The van der Waals surface area contributed by atoms with Crippen LogP contribution in [0.25, 0.3) is 6.08 Å². The van der Waals surface area contributed by atoms with Gasteiger partial charge in [-0.15, -0.1) is 0 Å². The third kappa shape index (κ3) is 8.99. The zero-order valence-corrected chi connectivity index (χ0v) is 23.3. The van der Waals surface area contributed by atoms with Gasteiger partial charge in [0.05, 0.1) is 24.5 Å². The Bertz CT molecular complexity index is 954. The van der Waals surface area contributed by atoms with Gasteiger partial charge >= 0.3 is 7.60 Å². The summed E-state index contributed by atoms with van der Waals surface area (Å²) < 4.78 is 27.8. The monoisotopic (exact) mass is 557 g/mol. The average molecular weight is 558 g/mol. The van der Waals surface area contributed by atoms with E-state index in [0.717, 1.165) is 94.6 Å². The predicted octanol–water partition coefficient (Wildman–Crippen LogP) is 5.05. The molecule has 9 nitrogen and oxygen atoms in total. The summed E-state index contributed by atoms with van der Waals surface area (Å²) in [6, 6.07) is 0. The molecule has 3 heterocycles. The van der Waals surface area contributed by atoms with Gasteiger partial charge in [-0.1, -0.05) is 19.1 Å². The molecule has 1 aliphatic carbocycles. The molecule has 0 saturated carbocycles. The standard InChI is InChI=1S/C26H41ClN3O6P/c1-2-19-5-9-23-24(29-26(27)30-25(23)28-12-3-4-18-11-13-34-15-18)10-6-20(19)14-21-7-8-22(36-21)16-35-17-37(31,32)33/h5,9,18-22H,2-4,6-8,10-17H2,1H3,(H,28,29,30)(H2,31,32,33)/b9-5-/t18-,19?,20-,21?,22?/m0/s1. The Kier molecular flexibility index (Phi) is 10.8. The van der Waals surface area contributed by atoms with Crippen molar-refractivity contribution in [3.63, 3.8) is 0 Å². The highest BCUT2D eigenvalue weighted by Gasteiger charge is 2.31. The fraction of sp³-hybridized carbons (Fsp3) is 0.769. The van der Waals surface area contributed by atoms with E-state index < -0.39 is 13.9 Å². The van der Waals surface area contributed by atoms with E-state index in [-0.39, 0.29) is 24.1 Å². The Balaban J connectivity index is 1.33. The Morgan fingerprint density at radius 3 is 2.81 bits per heavy atom. The number of aromatic nitrogens is 2. The molecule has 2 aliphatic heterocycles. The van der Waals surface area contributed by atoms with Gasteiger partial charge in [0, 0.05) is 25.3 Å². The SMILES string of the molecule is CCC1/C=C\c2c(nc(Cl)nc2NCCC[C@H]2CCOC2)CC[C@H]1CC1CCC(COCP(=O)(O)O)O1. The molecule has 3 unspecified atom stereocenters. The first-order chi connectivity index (χ1) is 17.8. The molecule has 1 aromatic heterocycles. The van der Waals surface area contributed by atoms with Crippen molar-refractivity contribution in [1.82, 2.24) is 9.97 Å². The minimum atomic E-state index is -4.15. The molecule has 0 aromatic carbocycles. The van der Waals surface area contributed by atoms with Gasteiger partial charge < -0.3 is 29.3 Å². The highest BCUT2D eigenvalue weighted by atomic mass is 35.5. The van der Waals surface area contributed by atoms with Crippen LogP contribution in [0.5, 0.6) is 0 Å². The molecule has 11 heteroatoms. The van der Waals surface area contributed by atoms with E-state index >= 15 is 0 Å². The summed E-state index contributed by atoms with van der Waals surface area (Å²) in [5, 5.41) is 3.79. The molecule has 2 saturated heterocycles. The lowest BCUT2D eigenvalue weighted by Gasteiger charge is -2.28. The van der Waals surface area contributed by atoms with Crippen LogP contribution < -0.4 is 5.32 Å². The van der Waals surface area contributed by atoms with Gasteiger partial charge in [0.1, 0.15) is 12.2 Å². The normalized spacial score (nSPS) is 29.0. The van der Waals surface area contributed by atoms with E-state index in [1.54, 1.807) is 0 Å². The Morgan fingerprint density at radius 1 is 1.22 bits per heavy atom. The molecule has 0 bridgehead atoms. The number of rotatable bonds is 12. The molecule has 0 amide bonds. The quantitative estimate of drug-likeness (QED) is 0.184. The van der Waals surface area contributed by atoms with E-state index in [4.69, 9.17) is 35.6 Å². The van der Waals surface area contributed by atoms with Crippen LogP contribution in [-0.2, 0) is 25.2 Å². The number of aryl methyl sites for hydroxylation is 1. The van der Waals surface area contributed by atoms with Crippen LogP contribution in [0.3, 0.4) is 0 Å². The summed E-state index contributed by atoms with van der Waals surface area (Å²) in [6.45, 7) is 5.06. The molecule has 3 N–H and O–H groups in total. The van der Waals surface area contributed by atoms with E-state index in [1.807, 2.05) is 0 Å². The largest absolute Gasteiger partial charge is 0.381 e. The molecule has 0 radical (unpaired) electrons. The zero-order valence-electron chi connectivity index (χ0n) is 21.7. The summed E-state index contributed by atoms with van der Waals surface area (Å²) in [6.07, 6.45) is 12.9. The molecule has 4 rings (SSSR count). The Hall–Kier alpha value is -1.06. The number of ether oxygens (including phenoxy) is 3. The number of nitrogens with one attached hydrogen (secondary N) is 1. The predicted molar refractivity (Wildman–Crippen MR) is 144 cm³/mol. The Labute approximate surface area is 224 Å². The fourth-order valence-electron chi connectivity index (χ4n) is 5.79. The van der Waals surface area contributed by atoms with Crippen molar-refractivity contribution in [1.29, 1.82) is 0 Å². The van der Waals surface area contributed by atoms with E-state index in [0.29, 0.717) is 17.8 Å². The van der Waals surface area contributed by atoms with Crippen molar-refractivity contribution in [2.45, 2.75) is 76.9 Å². The summed E-state index contributed by atoms with van der Waals surface area (Å²) >= 11 is 6.32. The number of allylic oxidation sites excluding steroid dienone is 1. The highest BCUT2D eigenvalue weighted by molar-refractivity contribution is 7.51. The topological polar surface area (TPSA) is 123 Å². The summed E-state index contributed by atoms with van der Waals surface area (Å²) in [5.41, 5.74) is 2.03. The van der Waals surface area contributed by atoms with Crippen molar-refractivity contribution in [2.24, 2.45) is 17.8 Å². The third-order valence-corrected chi connectivity index (χ3v) is 8.45. The number of hydrogen-bond donors (Lipinski definition) is 3. The minimum absolute atomic E-state index is 0.108. The van der Waals surface area contributed by atoms with Gasteiger partial charge in [-0.25, -0.2) is 9.97 Å². The van der Waals surface area contributed by atoms with Gasteiger partial charge in [0.25, 0.3) is 0 Å². The molecule has 37 heavy (non-hydrogen) atoms.